The summed E-state index contributed by atoms with van der Waals surface area (Å²) >= 11 is 0. The van der Waals surface area contributed by atoms with Crippen molar-refractivity contribution in [3.05, 3.63) is 70.0 Å². The van der Waals surface area contributed by atoms with Crippen molar-refractivity contribution in [2.24, 2.45) is 10.9 Å². The van der Waals surface area contributed by atoms with Crippen LogP contribution >= 0.6 is 0 Å². The monoisotopic (exact) mass is 402 g/mol. The lowest BCUT2D eigenvalue weighted by molar-refractivity contribution is -0.137. The predicted molar refractivity (Wildman–Crippen MR) is 108 cm³/mol. The lowest BCUT2D eigenvalue weighted by Crippen LogP contribution is -2.20. The molecule has 152 valence electrons. The van der Waals surface area contributed by atoms with E-state index in [0.717, 1.165) is 23.1 Å². The lowest BCUT2D eigenvalue weighted by atomic mass is 10.1. The maximum atomic E-state index is 13.1. The molecule has 0 bridgehead atoms. The van der Waals surface area contributed by atoms with Gasteiger partial charge in [0.2, 0.25) is 5.88 Å². The van der Waals surface area contributed by atoms with Crippen LogP contribution in [0.4, 0.5) is 13.2 Å². The van der Waals surface area contributed by atoms with Gasteiger partial charge in [-0.1, -0.05) is 38.1 Å². The molecule has 0 aliphatic carbocycles. The number of pyridine rings is 1. The van der Waals surface area contributed by atoms with Gasteiger partial charge in [-0.25, -0.2) is 4.57 Å². The fourth-order valence-electron chi connectivity index (χ4n) is 3.04. The van der Waals surface area contributed by atoms with Gasteiger partial charge in [-0.15, -0.1) is 0 Å². The molecule has 1 heterocycles. The van der Waals surface area contributed by atoms with E-state index >= 15 is 0 Å². The average Bonchev–Trinajstić information content (AvgIpc) is 2.67. The molecule has 0 aliphatic heterocycles. The number of aromatic nitrogens is 1. The van der Waals surface area contributed by atoms with Crippen molar-refractivity contribution in [1.82, 2.24) is 4.57 Å². The highest BCUT2D eigenvalue weighted by Crippen LogP contribution is 2.32. The van der Waals surface area contributed by atoms with Gasteiger partial charge in [0.15, 0.2) is 0 Å². The topological polar surface area (TPSA) is 54.6 Å². The van der Waals surface area contributed by atoms with Crippen molar-refractivity contribution in [2.45, 2.75) is 26.4 Å². The van der Waals surface area contributed by atoms with Gasteiger partial charge in [-0.05, 0) is 36.6 Å². The molecule has 0 atom stereocenters. The third-order valence-electron chi connectivity index (χ3n) is 4.59. The molecule has 0 unspecified atom stereocenters. The third-order valence-corrected chi connectivity index (χ3v) is 4.59. The minimum Gasteiger partial charge on any atom is -0.494 e. The van der Waals surface area contributed by atoms with Crippen LogP contribution in [0.1, 0.15) is 31.4 Å². The fourth-order valence-corrected chi connectivity index (χ4v) is 3.04. The van der Waals surface area contributed by atoms with Gasteiger partial charge < -0.3 is 5.11 Å². The number of hydrogen-bond acceptors (Lipinski definition) is 3. The smallest absolute Gasteiger partial charge is 0.416 e. The molecule has 0 amide bonds. The SMILES string of the molecule is CC(C)CCN=Cc1c(O)n(-c2cccc(C(F)(F)F)c2)c(=O)c2ccccc12. The van der Waals surface area contributed by atoms with Crippen LogP contribution in [0, 0.1) is 5.92 Å². The Balaban J connectivity index is 2.22. The molecule has 3 rings (SSSR count). The Hall–Kier alpha value is -3.09. The van der Waals surface area contributed by atoms with Gasteiger partial charge in [-0.2, -0.15) is 13.2 Å². The highest BCUT2D eigenvalue weighted by molar-refractivity contribution is 6.01. The van der Waals surface area contributed by atoms with Crippen LogP contribution in [-0.2, 0) is 6.18 Å². The molecular weight excluding hydrogens is 381 g/mol. The molecular formula is C22H21F3N2O2. The molecule has 0 spiro atoms. The van der Waals surface area contributed by atoms with E-state index in [1.165, 1.54) is 18.3 Å². The van der Waals surface area contributed by atoms with E-state index < -0.39 is 23.2 Å². The quantitative estimate of drug-likeness (QED) is 0.598. The molecule has 0 saturated heterocycles. The van der Waals surface area contributed by atoms with E-state index in [-0.39, 0.29) is 11.1 Å². The first-order valence-corrected chi connectivity index (χ1v) is 9.24. The Labute approximate surface area is 166 Å². The van der Waals surface area contributed by atoms with E-state index in [4.69, 9.17) is 0 Å². The summed E-state index contributed by atoms with van der Waals surface area (Å²) in [5, 5.41) is 11.6. The number of rotatable bonds is 5. The highest BCUT2D eigenvalue weighted by Gasteiger charge is 2.31. The molecule has 7 heteroatoms. The number of halogens is 3. The number of aliphatic imine (C=N–C) groups is 1. The molecule has 0 aliphatic rings. The van der Waals surface area contributed by atoms with Gasteiger partial charge in [-0.3, -0.25) is 9.79 Å². The third kappa shape index (κ3) is 4.34. The second-order valence-electron chi connectivity index (χ2n) is 7.19. The van der Waals surface area contributed by atoms with Crippen LogP contribution in [0.3, 0.4) is 0 Å². The molecule has 0 fully saturated rings. The largest absolute Gasteiger partial charge is 0.494 e. The van der Waals surface area contributed by atoms with E-state index in [1.807, 2.05) is 0 Å². The molecule has 0 radical (unpaired) electrons. The fraction of sp³-hybridized carbons (Fsp3) is 0.273. The number of hydrogen-bond donors (Lipinski definition) is 1. The number of aromatic hydroxyl groups is 1. The maximum Gasteiger partial charge on any atom is 0.416 e. The Morgan fingerprint density at radius 3 is 2.45 bits per heavy atom. The molecule has 1 aromatic heterocycles. The van der Waals surface area contributed by atoms with Crippen LogP contribution in [0.25, 0.3) is 16.5 Å². The van der Waals surface area contributed by atoms with Crippen molar-refractivity contribution in [3.63, 3.8) is 0 Å². The van der Waals surface area contributed by atoms with Gasteiger partial charge in [0.05, 0.1) is 16.8 Å². The van der Waals surface area contributed by atoms with Crippen LogP contribution in [-0.4, -0.2) is 22.4 Å². The summed E-state index contributed by atoms with van der Waals surface area (Å²) in [5.74, 6) is 0.0119. The summed E-state index contributed by atoms with van der Waals surface area (Å²) in [6, 6.07) is 11.0. The van der Waals surface area contributed by atoms with Gasteiger partial charge >= 0.3 is 6.18 Å². The van der Waals surface area contributed by atoms with Gasteiger partial charge in [0.25, 0.3) is 5.56 Å². The molecule has 4 nitrogen and oxygen atoms in total. The van der Waals surface area contributed by atoms with Crippen LogP contribution in [0.15, 0.2) is 58.3 Å². The first-order valence-electron chi connectivity index (χ1n) is 9.24. The van der Waals surface area contributed by atoms with Crippen molar-refractivity contribution in [3.8, 4) is 11.6 Å². The average molecular weight is 402 g/mol. The number of alkyl halides is 3. The Morgan fingerprint density at radius 1 is 1.10 bits per heavy atom. The summed E-state index contributed by atoms with van der Waals surface area (Å²) < 4.78 is 40.2. The highest BCUT2D eigenvalue weighted by atomic mass is 19.4. The van der Waals surface area contributed by atoms with Crippen molar-refractivity contribution >= 4 is 17.0 Å². The number of fused-ring (bicyclic) bond motifs is 1. The minimum absolute atomic E-state index is 0.0649. The normalized spacial score (nSPS) is 12.3. The van der Waals surface area contributed by atoms with Crippen molar-refractivity contribution in [1.29, 1.82) is 0 Å². The lowest BCUT2D eigenvalue weighted by Gasteiger charge is -2.15. The van der Waals surface area contributed by atoms with Crippen LogP contribution in [0.2, 0.25) is 0 Å². The zero-order valence-electron chi connectivity index (χ0n) is 16.1. The first kappa shape index (κ1) is 20.6. The number of benzene rings is 2. The second kappa shape index (κ2) is 8.11. The summed E-state index contributed by atoms with van der Waals surface area (Å²) in [6.07, 6.45) is -2.24. The summed E-state index contributed by atoms with van der Waals surface area (Å²) in [7, 11) is 0. The van der Waals surface area contributed by atoms with E-state index in [9.17, 15) is 23.1 Å². The molecule has 1 N–H and O–H groups in total. The number of nitrogens with zero attached hydrogens (tertiary/aromatic N) is 2. The minimum atomic E-state index is -4.56. The summed E-state index contributed by atoms with van der Waals surface area (Å²) in [4.78, 5) is 17.3. The summed E-state index contributed by atoms with van der Waals surface area (Å²) in [5.41, 5.74) is -1.27. The van der Waals surface area contributed by atoms with Crippen molar-refractivity contribution in [2.75, 3.05) is 6.54 Å². The second-order valence-corrected chi connectivity index (χ2v) is 7.19. The maximum absolute atomic E-state index is 13.1. The zero-order valence-corrected chi connectivity index (χ0v) is 16.1. The molecule has 3 aromatic rings. The Morgan fingerprint density at radius 2 is 1.79 bits per heavy atom. The predicted octanol–water partition coefficient (Wildman–Crippen LogP) is 5.18. The van der Waals surface area contributed by atoms with Crippen LogP contribution < -0.4 is 5.56 Å². The van der Waals surface area contributed by atoms with Gasteiger partial charge in [0.1, 0.15) is 0 Å². The van der Waals surface area contributed by atoms with Crippen molar-refractivity contribution < 1.29 is 18.3 Å². The van der Waals surface area contributed by atoms with Crippen LogP contribution in [0.5, 0.6) is 5.88 Å². The Bertz CT molecular complexity index is 1120. The van der Waals surface area contributed by atoms with E-state index in [0.29, 0.717) is 23.4 Å². The first-order chi connectivity index (χ1) is 13.7. The zero-order chi connectivity index (χ0) is 21.2. The van der Waals surface area contributed by atoms with E-state index in [2.05, 4.69) is 18.8 Å². The standard InChI is InChI=1S/C22H21F3N2O2/c1-14(2)10-11-26-13-19-17-8-3-4-9-18(17)20(28)27(21(19)29)16-7-5-6-15(12-16)22(23,24)25/h3-9,12-14,29H,10-11H2,1-2H3. The summed E-state index contributed by atoms with van der Waals surface area (Å²) in [6.45, 7) is 4.67. The molecule has 0 saturated carbocycles. The Kier molecular flexibility index (Phi) is 5.77. The molecule has 29 heavy (non-hydrogen) atoms. The molecule has 2 aromatic carbocycles. The van der Waals surface area contributed by atoms with E-state index in [1.54, 1.807) is 24.3 Å². The van der Waals surface area contributed by atoms with Gasteiger partial charge in [0, 0.05) is 23.5 Å².